The average molecular weight is 440 g/mol. The zero-order valence-electron chi connectivity index (χ0n) is 16.1. The van der Waals surface area contributed by atoms with Gasteiger partial charge in [-0.15, -0.1) is 0 Å². The third kappa shape index (κ3) is 16.0. The molecule has 0 N–H and O–H groups in total. The summed E-state index contributed by atoms with van der Waals surface area (Å²) in [6, 6.07) is 0. The van der Waals surface area contributed by atoms with Gasteiger partial charge >= 0.3 is 17.1 Å². The molecule has 2 bridgehead atoms. The van der Waals surface area contributed by atoms with Crippen molar-refractivity contribution in [2.24, 2.45) is 0 Å². The molecule has 0 aromatic carbocycles. The first-order valence-electron chi connectivity index (χ1n) is 8.91. The van der Waals surface area contributed by atoms with E-state index in [0.717, 1.165) is 0 Å². The van der Waals surface area contributed by atoms with E-state index in [1.807, 2.05) is 0 Å². The van der Waals surface area contributed by atoms with Crippen LogP contribution in [-0.2, 0) is 42.3 Å². The number of rotatable bonds is 0. The molecular formula is C17H32MnN6S2. The van der Waals surface area contributed by atoms with E-state index in [1.165, 1.54) is 95.5 Å². The van der Waals surface area contributed by atoms with Crippen LogP contribution in [0.3, 0.4) is 0 Å². The fourth-order valence-corrected chi connectivity index (χ4v) is 3.17. The van der Waals surface area contributed by atoms with Crippen LogP contribution in [0.2, 0.25) is 0 Å². The topological polar surface area (TPSA) is 60.5 Å². The normalized spacial score (nSPS) is 25.2. The van der Waals surface area contributed by atoms with Crippen LogP contribution in [0.4, 0.5) is 0 Å². The summed E-state index contributed by atoms with van der Waals surface area (Å²) in [6.45, 7) is 12.6. The second kappa shape index (κ2) is 19.5. The number of likely N-dealkylation sites (N-methyl/N-ethyl adjacent to an activating group) is 2. The molecule has 2 rings (SSSR count). The molecule has 2 saturated heterocycles. The van der Waals surface area contributed by atoms with Gasteiger partial charge in [-0.25, -0.2) is 10.5 Å². The predicted molar refractivity (Wildman–Crippen MR) is 108 cm³/mol. The van der Waals surface area contributed by atoms with Crippen LogP contribution in [0.1, 0.15) is 19.3 Å². The fraction of sp³-hybridized carbons (Fsp3) is 0.882. The van der Waals surface area contributed by atoms with Crippen molar-refractivity contribution in [1.29, 1.82) is 10.5 Å². The minimum atomic E-state index is 0. The number of nitriles is 2. The number of hydrogen-bond donors (Lipinski definition) is 0. The summed E-state index contributed by atoms with van der Waals surface area (Å²) in [5, 5.41) is 16.9. The molecule has 0 aliphatic carbocycles. The average Bonchev–Trinajstić information content (AvgIpc) is 2.80. The molecule has 2 heterocycles. The number of nitrogens with zero attached hydrogens (tertiary/aromatic N) is 6. The van der Waals surface area contributed by atoms with Crippen molar-refractivity contribution < 1.29 is 17.1 Å². The Morgan fingerprint density at radius 2 is 0.846 bits per heavy atom. The van der Waals surface area contributed by atoms with Crippen LogP contribution >= 0.6 is 0 Å². The van der Waals surface area contributed by atoms with E-state index in [4.69, 9.17) is 10.5 Å². The van der Waals surface area contributed by atoms with Gasteiger partial charge in [0.1, 0.15) is 0 Å². The minimum absolute atomic E-state index is 0. The van der Waals surface area contributed by atoms with Gasteiger partial charge < -0.3 is 44.9 Å². The summed E-state index contributed by atoms with van der Waals surface area (Å²) < 4.78 is 0. The van der Waals surface area contributed by atoms with Crippen molar-refractivity contribution in [3.05, 3.63) is 0 Å². The van der Waals surface area contributed by atoms with E-state index < -0.39 is 0 Å². The van der Waals surface area contributed by atoms with Gasteiger partial charge in [0.15, 0.2) is 0 Å². The van der Waals surface area contributed by atoms with E-state index >= 15 is 0 Å². The van der Waals surface area contributed by atoms with Gasteiger partial charge in [-0.3, -0.25) is 0 Å². The zero-order valence-corrected chi connectivity index (χ0v) is 18.9. The molecule has 9 heteroatoms. The molecule has 2 aliphatic heterocycles. The molecule has 2 fully saturated rings. The molecule has 2 aliphatic rings. The SMILES string of the molecule is CN1CCCN2CCCN(CCCN(C)CC1)CC2.N#C[S-].N#C[S-].[Mn+2]. The van der Waals surface area contributed by atoms with Gasteiger partial charge in [0, 0.05) is 26.2 Å². The molecule has 0 aromatic rings. The van der Waals surface area contributed by atoms with Crippen LogP contribution < -0.4 is 0 Å². The maximum absolute atomic E-state index is 7.13. The summed E-state index contributed by atoms with van der Waals surface area (Å²) in [4.78, 5) is 10.3. The van der Waals surface area contributed by atoms with E-state index in [9.17, 15) is 0 Å². The molecule has 149 valence electrons. The van der Waals surface area contributed by atoms with Gasteiger partial charge in [-0.1, -0.05) is 10.8 Å². The molecule has 2 unspecified atom stereocenters. The maximum atomic E-state index is 7.13. The maximum Gasteiger partial charge on any atom is 2.00 e. The summed E-state index contributed by atoms with van der Waals surface area (Å²) in [5.41, 5.74) is 0. The second-order valence-corrected chi connectivity index (χ2v) is 6.90. The predicted octanol–water partition coefficient (Wildman–Crippen LogP) is 0.678. The number of fused-ring (bicyclic) bond motifs is 3. The standard InChI is InChI=1S/C15H32N4.2CHNS.Mn/c1-16-6-3-8-18-10-5-11-19(15-14-18)9-4-7-17(2)13-12-16;2*2-1-3;/h3-15H2,1-2H3;2*3H;/q;;;+2/p-2. The Hall–Kier alpha value is -0.221. The van der Waals surface area contributed by atoms with E-state index in [0.29, 0.717) is 0 Å². The summed E-state index contributed by atoms with van der Waals surface area (Å²) >= 11 is 7.40. The van der Waals surface area contributed by atoms with Gasteiger partial charge in [-0.2, -0.15) is 0 Å². The second-order valence-electron chi connectivity index (χ2n) is 6.53. The smallest absolute Gasteiger partial charge is 0.696 e. The Morgan fingerprint density at radius 3 is 1.15 bits per heavy atom. The largest absolute Gasteiger partial charge is 2.00 e. The van der Waals surface area contributed by atoms with Crippen molar-refractivity contribution >= 4 is 25.3 Å². The third-order valence-corrected chi connectivity index (χ3v) is 4.57. The van der Waals surface area contributed by atoms with E-state index in [-0.39, 0.29) is 17.1 Å². The van der Waals surface area contributed by atoms with Crippen molar-refractivity contribution in [1.82, 2.24) is 19.6 Å². The Kier molecular flexibility index (Phi) is 21.0. The Morgan fingerprint density at radius 1 is 0.577 bits per heavy atom. The third-order valence-electron chi connectivity index (χ3n) is 4.57. The van der Waals surface area contributed by atoms with Crippen molar-refractivity contribution in [3.8, 4) is 10.8 Å². The van der Waals surface area contributed by atoms with Crippen LogP contribution in [-0.4, -0.2) is 99.1 Å². The molecule has 2 atom stereocenters. The first-order chi connectivity index (χ1) is 12.1. The molecule has 0 saturated carbocycles. The monoisotopic (exact) mass is 439 g/mol. The van der Waals surface area contributed by atoms with Gasteiger partial charge in [0.05, 0.1) is 0 Å². The molecule has 0 spiro atoms. The summed E-state index contributed by atoms with van der Waals surface area (Å²) in [5.74, 6) is 0. The van der Waals surface area contributed by atoms with Crippen LogP contribution in [0.15, 0.2) is 0 Å². The van der Waals surface area contributed by atoms with E-state index in [1.54, 1.807) is 0 Å². The zero-order chi connectivity index (χ0) is 18.9. The van der Waals surface area contributed by atoms with Gasteiger partial charge in [0.2, 0.25) is 0 Å². The number of thiocyanates is 2. The molecule has 0 aromatic heterocycles. The van der Waals surface area contributed by atoms with Crippen molar-refractivity contribution in [2.45, 2.75) is 19.3 Å². The first kappa shape index (κ1) is 28.0. The van der Waals surface area contributed by atoms with Crippen LogP contribution in [0.5, 0.6) is 0 Å². The molecule has 0 amide bonds. The summed E-state index contributed by atoms with van der Waals surface area (Å²) in [6.07, 6.45) is 3.99. The quantitative estimate of drug-likeness (QED) is 0.310. The Bertz CT molecular complexity index is 366. The van der Waals surface area contributed by atoms with Gasteiger partial charge in [-0.05, 0) is 72.6 Å². The van der Waals surface area contributed by atoms with Crippen LogP contribution in [0, 0.1) is 21.3 Å². The minimum Gasteiger partial charge on any atom is -0.696 e. The molecule has 26 heavy (non-hydrogen) atoms. The number of hydrogen-bond acceptors (Lipinski definition) is 8. The fourth-order valence-electron chi connectivity index (χ4n) is 3.17. The van der Waals surface area contributed by atoms with Crippen molar-refractivity contribution in [2.75, 3.05) is 79.5 Å². The van der Waals surface area contributed by atoms with Crippen molar-refractivity contribution in [3.63, 3.8) is 0 Å². The molecule has 6 nitrogen and oxygen atoms in total. The Labute approximate surface area is 181 Å². The van der Waals surface area contributed by atoms with E-state index in [2.05, 4.69) is 59.0 Å². The van der Waals surface area contributed by atoms with Crippen LogP contribution in [0.25, 0.3) is 0 Å². The van der Waals surface area contributed by atoms with Gasteiger partial charge in [0.25, 0.3) is 0 Å². The molecule has 1 radical (unpaired) electrons. The molecular weight excluding hydrogens is 407 g/mol. The first-order valence-corrected chi connectivity index (χ1v) is 9.73. The summed E-state index contributed by atoms with van der Waals surface area (Å²) in [7, 11) is 4.54. The Balaban J connectivity index is 0.